The highest BCUT2D eigenvalue weighted by molar-refractivity contribution is 5.76. The molecular weight excluding hydrogens is 386 g/mol. The number of ether oxygens (including phenoxy) is 1. The predicted molar refractivity (Wildman–Crippen MR) is 122 cm³/mol. The van der Waals surface area contributed by atoms with E-state index in [0.29, 0.717) is 13.0 Å². The first-order chi connectivity index (χ1) is 15.3. The molecule has 0 aliphatic carbocycles. The van der Waals surface area contributed by atoms with Crippen LogP contribution in [0, 0.1) is 0 Å². The van der Waals surface area contributed by atoms with Crippen LogP contribution in [0.2, 0.25) is 0 Å². The normalized spacial score (nSPS) is 16.2. The van der Waals surface area contributed by atoms with Gasteiger partial charge in [-0.3, -0.25) is 14.8 Å². The maximum atomic E-state index is 12.9. The summed E-state index contributed by atoms with van der Waals surface area (Å²) in [4.78, 5) is 24.2. The van der Waals surface area contributed by atoms with Crippen LogP contribution in [0.15, 0.2) is 67.0 Å². The minimum atomic E-state index is 0.181. The third-order valence-corrected chi connectivity index (χ3v) is 5.95. The molecule has 1 aromatic heterocycles. The van der Waals surface area contributed by atoms with Gasteiger partial charge in [0.2, 0.25) is 5.91 Å². The number of nitrogens with zero attached hydrogens (tertiary/aromatic N) is 3. The van der Waals surface area contributed by atoms with E-state index in [1.807, 2.05) is 47.4 Å². The quantitative estimate of drug-likeness (QED) is 0.552. The van der Waals surface area contributed by atoms with E-state index in [1.165, 1.54) is 5.56 Å². The summed E-state index contributed by atoms with van der Waals surface area (Å²) >= 11 is 0. The molecule has 1 saturated heterocycles. The molecule has 2 aromatic carbocycles. The van der Waals surface area contributed by atoms with Gasteiger partial charge in [0.15, 0.2) is 0 Å². The zero-order valence-electron chi connectivity index (χ0n) is 18.0. The van der Waals surface area contributed by atoms with Crippen LogP contribution >= 0.6 is 0 Å². The second-order valence-corrected chi connectivity index (χ2v) is 8.01. The van der Waals surface area contributed by atoms with Crippen molar-refractivity contribution in [3.05, 3.63) is 78.2 Å². The van der Waals surface area contributed by atoms with Crippen LogP contribution in [0.1, 0.15) is 42.9 Å². The van der Waals surface area contributed by atoms with Gasteiger partial charge >= 0.3 is 0 Å². The first-order valence-corrected chi connectivity index (χ1v) is 11.0. The molecule has 0 spiro atoms. The number of likely N-dealkylation sites (tertiary alicyclic amines) is 1. The third kappa shape index (κ3) is 5.10. The van der Waals surface area contributed by atoms with Crippen LogP contribution in [-0.4, -0.2) is 41.0 Å². The minimum Gasteiger partial charge on any atom is -0.496 e. The number of carbonyl (C=O) groups excluding carboxylic acids is 1. The van der Waals surface area contributed by atoms with E-state index in [1.54, 1.807) is 19.5 Å². The molecule has 5 nitrogen and oxygen atoms in total. The number of para-hydroxylation sites is 1. The molecular formula is C26H29N3O2. The second-order valence-electron chi connectivity index (χ2n) is 8.01. The second kappa shape index (κ2) is 10.2. The van der Waals surface area contributed by atoms with Crippen LogP contribution in [0.3, 0.4) is 0 Å². The number of hydrogen-bond donors (Lipinski definition) is 0. The van der Waals surface area contributed by atoms with E-state index in [2.05, 4.69) is 17.1 Å². The molecule has 4 rings (SSSR count). The summed E-state index contributed by atoms with van der Waals surface area (Å²) in [5.41, 5.74) is 4.03. The zero-order valence-corrected chi connectivity index (χ0v) is 18.0. The van der Waals surface area contributed by atoms with Crippen molar-refractivity contribution in [1.82, 2.24) is 14.9 Å². The van der Waals surface area contributed by atoms with Gasteiger partial charge in [-0.2, -0.15) is 0 Å². The van der Waals surface area contributed by atoms with E-state index in [0.717, 1.165) is 54.9 Å². The largest absolute Gasteiger partial charge is 0.496 e. The Balaban J connectivity index is 1.45. The molecule has 1 aliphatic heterocycles. The minimum absolute atomic E-state index is 0.181. The first kappa shape index (κ1) is 21.0. The molecule has 0 saturated carbocycles. The topological polar surface area (TPSA) is 55.3 Å². The number of methoxy groups -OCH3 is 1. The molecule has 31 heavy (non-hydrogen) atoms. The fourth-order valence-electron chi connectivity index (χ4n) is 4.37. The average molecular weight is 416 g/mol. The Morgan fingerprint density at radius 1 is 1.06 bits per heavy atom. The number of aryl methyl sites for hydroxylation is 1. The summed E-state index contributed by atoms with van der Waals surface area (Å²) in [5, 5.41) is 0. The van der Waals surface area contributed by atoms with Crippen molar-refractivity contribution in [1.29, 1.82) is 0 Å². The lowest BCUT2D eigenvalue weighted by atomic mass is 9.91. The van der Waals surface area contributed by atoms with Crippen molar-refractivity contribution in [3.8, 4) is 17.0 Å². The van der Waals surface area contributed by atoms with Gasteiger partial charge in [-0.25, -0.2) is 0 Å². The SMILES string of the molecule is COc1ccccc1-c1nccnc1[C@H]1CCCN(C(=O)CCCc2ccccc2)C1. The number of carbonyl (C=O) groups is 1. The van der Waals surface area contributed by atoms with Crippen molar-refractivity contribution in [2.45, 2.75) is 38.0 Å². The highest BCUT2D eigenvalue weighted by Gasteiger charge is 2.28. The van der Waals surface area contributed by atoms with Gasteiger partial charge in [-0.15, -0.1) is 0 Å². The molecule has 1 amide bonds. The number of amides is 1. The summed E-state index contributed by atoms with van der Waals surface area (Å²) in [7, 11) is 1.67. The molecule has 3 aromatic rings. The van der Waals surface area contributed by atoms with Crippen molar-refractivity contribution < 1.29 is 9.53 Å². The van der Waals surface area contributed by atoms with Crippen molar-refractivity contribution in [2.24, 2.45) is 0 Å². The molecule has 1 atom stereocenters. The maximum Gasteiger partial charge on any atom is 0.222 e. The van der Waals surface area contributed by atoms with Crippen molar-refractivity contribution >= 4 is 5.91 Å². The van der Waals surface area contributed by atoms with Gasteiger partial charge in [0.1, 0.15) is 5.75 Å². The van der Waals surface area contributed by atoms with E-state index in [4.69, 9.17) is 9.72 Å². The molecule has 5 heteroatoms. The number of benzene rings is 2. The standard InChI is InChI=1S/C26H29N3O2/c1-31-23-14-6-5-13-22(23)26-25(27-16-17-28-26)21-12-8-18-29(19-21)24(30)15-7-11-20-9-3-2-4-10-20/h2-6,9-10,13-14,16-17,21H,7-8,11-12,15,18-19H2,1H3/t21-/m0/s1. The summed E-state index contributed by atoms with van der Waals surface area (Å²) in [6.07, 6.45) is 7.86. The fraction of sp³-hybridized carbons (Fsp3) is 0.346. The Bertz CT molecular complexity index is 1010. The molecule has 0 N–H and O–H groups in total. The smallest absolute Gasteiger partial charge is 0.222 e. The van der Waals surface area contributed by atoms with Crippen molar-refractivity contribution in [2.75, 3.05) is 20.2 Å². The molecule has 2 heterocycles. The van der Waals surface area contributed by atoms with Gasteiger partial charge in [0, 0.05) is 43.4 Å². The molecule has 0 unspecified atom stereocenters. The van der Waals surface area contributed by atoms with Crippen LogP contribution < -0.4 is 4.74 Å². The first-order valence-electron chi connectivity index (χ1n) is 11.0. The van der Waals surface area contributed by atoms with Crippen LogP contribution in [0.4, 0.5) is 0 Å². The summed E-state index contributed by atoms with van der Waals surface area (Å²) in [6, 6.07) is 18.3. The number of hydrogen-bond acceptors (Lipinski definition) is 4. The van der Waals surface area contributed by atoms with E-state index >= 15 is 0 Å². The third-order valence-electron chi connectivity index (χ3n) is 5.95. The molecule has 1 fully saturated rings. The van der Waals surface area contributed by atoms with E-state index in [9.17, 15) is 4.79 Å². The fourth-order valence-corrected chi connectivity index (χ4v) is 4.37. The Morgan fingerprint density at radius 2 is 1.84 bits per heavy atom. The average Bonchev–Trinajstić information content (AvgIpc) is 2.84. The van der Waals surface area contributed by atoms with Crippen molar-refractivity contribution in [3.63, 3.8) is 0 Å². The van der Waals surface area contributed by atoms with E-state index < -0.39 is 0 Å². The van der Waals surface area contributed by atoms with Gasteiger partial charge in [0.05, 0.1) is 18.5 Å². The summed E-state index contributed by atoms with van der Waals surface area (Å²) in [6.45, 7) is 1.52. The van der Waals surface area contributed by atoms with E-state index in [-0.39, 0.29) is 11.8 Å². The Hall–Kier alpha value is -3.21. The molecule has 1 aliphatic rings. The van der Waals surface area contributed by atoms with Gasteiger partial charge in [-0.1, -0.05) is 42.5 Å². The highest BCUT2D eigenvalue weighted by Crippen LogP contribution is 2.35. The van der Waals surface area contributed by atoms with Crippen LogP contribution in [0.5, 0.6) is 5.75 Å². The zero-order chi connectivity index (χ0) is 21.5. The maximum absolute atomic E-state index is 12.9. The Labute approximate surface area is 184 Å². The Morgan fingerprint density at radius 3 is 2.68 bits per heavy atom. The molecule has 0 bridgehead atoms. The van der Waals surface area contributed by atoms with Crippen LogP contribution in [-0.2, 0) is 11.2 Å². The van der Waals surface area contributed by atoms with Gasteiger partial charge in [0.25, 0.3) is 0 Å². The number of aromatic nitrogens is 2. The number of rotatable bonds is 7. The number of piperidine rings is 1. The molecule has 160 valence electrons. The summed E-state index contributed by atoms with van der Waals surface area (Å²) < 4.78 is 5.55. The Kier molecular flexibility index (Phi) is 6.92. The lowest BCUT2D eigenvalue weighted by Crippen LogP contribution is -2.39. The highest BCUT2D eigenvalue weighted by atomic mass is 16.5. The lowest BCUT2D eigenvalue weighted by Gasteiger charge is -2.33. The predicted octanol–water partition coefficient (Wildman–Crippen LogP) is 4.88. The van der Waals surface area contributed by atoms with Gasteiger partial charge in [-0.05, 0) is 43.4 Å². The monoisotopic (exact) mass is 415 g/mol. The van der Waals surface area contributed by atoms with Crippen LogP contribution in [0.25, 0.3) is 11.3 Å². The molecule has 0 radical (unpaired) electrons. The van der Waals surface area contributed by atoms with Gasteiger partial charge < -0.3 is 9.64 Å². The lowest BCUT2D eigenvalue weighted by molar-refractivity contribution is -0.132. The summed E-state index contributed by atoms with van der Waals surface area (Å²) in [5.74, 6) is 1.21.